The molecule has 1 heterocycles. The summed E-state index contributed by atoms with van der Waals surface area (Å²) in [5, 5.41) is 8.87. The molecule has 1 unspecified atom stereocenters. The van der Waals surface area contributed by atoms with E-state index in [1.165, 1.54) is 18.2 Å². The van der Waals surface area contributed by atoms with Crippen LogP contribution in [0.1, 0.15) is 28.8 Å². The van der Waals surface area contributed by atoms with Crippen molar-refractivity contribution in [3.8, 4) is 0 Å². The zero-order valence-electron chi connectivity index (χ0n) is 10.7. The van der Waals surface area contributed by atoms with Crippen LogP contribution in [0.5, 0.6) is 0 Å². The minimum absolute atomic E-state index is 0.0140. The van der Waals surface area contributed by atoms with E-state index in [2.05, 4.69) is 15.9 Å². The highest BCUT2D eigenvalue weighted by Crippen LogP contribution is 2.23. The van der Waals surface area contributed by atoms with Crippen LogP contribution in [0.3, 0.4) is 0 Å². The van der Waals surface area contributed by atoms with E-state index in [1.807, 2.05) is 0 Å². The first-order valence-corrected chi connectivity index (χ1v) is 8.82. The van der Waals surface area contributed by atoms with Gasteiger partial charge in [0.2, 0.25) is 0 Å². The molecule has 1 N–H and O–H groups in total. The van der Waals surface area contributed by atoms with E-state index in [0.717, 1.165) is 12.8 Å². The van der Waals surface area contributed by atoms with E-state index < -0.39 is 15.8 Å². The Morgan fingerprint density at radius 2 is 2.20 bits per heavy atom. The van der Waals surface area contributed by atoms with E-state index in [-0.39, 0.29) is 23.2 Å². The summed E-state index contributed by atoms with van der Waals surface area (Å²) < 4.78 is 30.1. The predicted molar refractivity (Wildman–Crippen MR) is 77.6 cm³/mol. The summed E-state index contributed by atoms with van der Waals surface area (Å²) >= 11 is 3.22. The molecule has 0 spiro atoms. The molecule has 110 valence electrons. The first kappa shape index (κ1) is 15.5. The van der Waals surface area contributed by atoms with Crippen molar-refractivity contribution in [2.24, 2.45) is 0 Å². The molecule has 1 saturated heterocycles. The summed E-state index contributed by atoms with van der Waals surface area (Å²) in [6.45, 7) is 0.622. The Balaban J connectivity index is 2.10. The fourth-order valence-corrected chi connectivity index (χ4v) is 4.53. The van der Waals surface area contributed by atoms with Crippen molar-refractivity contribution in [1.82, 2.24) is 0 Å². The molecule has 0 aliphatic carbocycles. The van der Waals surface area contributed by atoms with E-state index in [9.17, 15) is 13.2 Å². The zero-order valence-corrected chi connectivity index (χ0v) is 13.1. The van der Waals surface area contributed by atoms with Crippen molar-refractivity contribution in [3.63, 3.8) is 0 Å². The number of hydrogen-bond acceptors (Lipinski definition) is 4. The number of carbonyl (C=O) groups is 1. The number of ether oxygens (including phenoxy) is 1. The molecule has 0 aromatic heterocycles. The van der Waals surface area contributed by atoms with E-state index in [0.29, 0.717) is 16.6 Å². The zero-order chi connectivity index (χ0) is 14.8. The number of carboxylic acid groups (broad SMARTS) is 1. The van der Waals surface area contributed by atoms with Crippen LogP contribution < -0.4 is 0 Å². The molecule has 1 aromatic rings. The van der Waals surface area contributed by atoms with Crippen LogP contribution in [0.25, 0.3) is 0 Å². The van der Waals surface area contributed by atoms with Gasteiger partial charge in [-0.3, -0.25) is 0 Å². The molecule has 0 radical (unpaired) electrons. The molecule has 0 amide bonds. The fraction of sp³-hybridized carbons (Fsp3) is 0.462. The van der Waals surface area contributed by atoms with Gasteiger partial charge in [0.15, 0.2) is 9.84 Å². The van der Waals surface area contributed by atoms with Crippen LogP contribution in [0, 0.1) is 0 Å². The van der Waals surface area contributed by atoms with Gasteiger partial charge in [-0.25, -0.2) is 13.2 Å². The van der Waals surface area contributed by atoms with E-state index >= 15 is 0 Å². The van der Waals surface area contributed by atoms with Crippen LogP contribution >= 0.6 is 15.9 Å². The summed E-state index contributed by atoms with van der Waals surface area (Å²) in [4.78, 5) is 10.8. The average Bonchev–Trinajstić information content (AvgIpc) is 2.83. The third-order valence-corrected chi connectivity index (χ3v) is 5.51. The summed E-state index contributed by atoms with van der Waals surface area (Å²) in [6, 6.07) is 4.35. The normalized spacial score (nSPS) is 19.1. The first-order chi connectivity index (χ1) is 9.37. The molecule has 1 atom stereocenters. The Labute approximate surface area is 126 Å². The second-order valence-corrected chi connectivity index (χ2v) is 7.76. The molecule has 1 fully saturated rings. The lowest BCUT2D eigenvalue weighted by atomic mass is 10.1. The number of rotatable bonds is 5. The SMILES string of the molecule is O=C(O)c1ccc(CS(=O)(=O)CC2CCCO2)c(Br)c1. The quantitative estimate of drug-likeness (QED) is 0.868. The number of carboxylic acids is 1. The molecule has 7 heteroatoms. The molecule has 1 aromatic carbocycles. The summed E-state index contributed by atoms with van der Waals surface area (Å²) in [7, 11) is -3.28. The minimum atomic E-state index is -3.28. The highest BCUT2D eigenvalue weighted by Gasteiger charge is 2.24. The monoisotopic (exact) mass is 362 g/mol. The van der Waals surface area contributed by atoms with Crippen molar-refractivity contribution < 1.29 is 23.1 Å². The second-order valence-electron chi connectivity index (χ2n) is 4.80. The van der Waals surface area contributed by atoms with Crippen molar-refractivity contribution >= 4 is 31.7 Å². The van der Waals surface area contributed by atoms with Gasteiger partial charge in [-0.05, 0) is 30.5 Å². The summed E-state index contributed by atoms with van der Waals surface area (Å²) in [5.41, 5.74) is 0.685. The lowest BCUT2D eigenvalue weighted by molar-refractivity contribution is 0.0696. The molecule has 2 rings (SSSR count). The minimum Gasteiger partial charge on any atom is -0.478 e. The lowest BCUT2D eigenvalue weighted by Crippen LogP contribution is -2.21. The van der Waals surface area contributed by atoms with Gasteiger partial charge in [0.25, 0.3) is 0 Å². The Hall–Kier alpha value is -0.920. The molecule has 1 aliphatic rings. The maximum Gasteiger partial charge on any atom is 0.335 e. The Morgan fingerprint density at radius 3 is 2.75 bits per heavy atom. The van der Waals surface area contributed by atoms with E-state index in [4.69, 9.17) is 9.84 Å². The van der Waals surface area contributed by atoms with Crippen molar-refractivity contribution in [3.05, 3.63) is 33.8 Å². The molecule has 0 saturated carbocycles. The van der Waals surface area contributed by atoms with Gasteiger partial charge in [0.05, 0.1) is 23.2 Å². The Morgan fingerprint density at radius 1 is 1.45 bits per heavy atom. The highest BCUT2D eigenvalue weighted by atomic mass is 79.9. The standard InChI is InChI=1S/C13H15BrO5S/c14-12-6-9(13(15)16)3-4-10(12)7-20(17,18)8-11-2-1-5-19-11/h3-4,6,11H,1-2,5,7-8H2,(H,15,16). The third kappa shape index (κ3) is 4.04. The first-order valence-electron chi connectivity index (χ1n) is 6.21. The fourth-order valence-electron chi connectivity index (χ4n) is 2.15. The lowest BCUT2D eigenvalue weighted by Gasteiger charge is -2.11. The van der Waals surface area contributed by atoms with Crippen LogP contribution in [-0.4, -0.2) is 38.0 Å². The summed E-state index contributed by atoms with van der Waals surface area (Å²) in [6.07, 6.45) is 1.47. The van der Waals surface area contributed by atoms with Crippen molar-refractivity contribution in [2.45, 2.75) is 24.7 Å². The second kappa shape index (κ2) is 6.24. The number of halogens is 1. The molecule has 5 nitrogen and oxygen atoms in total. The molecule has 20 heavy (non-hydrogen) atoms. The van der Waals surface area contributed by atoms with Crippen LogP contribution in [-0.2, 0) is 20.3 Å². The molecular formula is C13H15BrO5S. The van der Waals surface area contributed by atoms with Gasteiger partial charge in [0, 0.05) is 11.1 Å². The van der Waals surface area contributed by atoms with Gasteiger partial charge >= 0.3 is 5.97 Å². The van der Waals surface area contributed by atoms with Crippen LogP contribution in [0.4, 0.5) is 0 Å². The van der Waals surface area contributed by atoms with Gasteiger partial charge in [-0.1, -0.05) is 22.0 Å². The Bertz CT molecular complexity index is 605. The molecular weight excluding hydrogens is 348 g/mol. The number of hydrogen-bond donors (Lipinski definition) is 1. The van der Waals surface area contributed by atoms with Gasteiger partial charge in [-0.15, -0.1) is 0 Å². The summed E-state index contributed by atoms with van der Waals surface area (Å²) in [5.74, 6) is -1.15. The third-order valence-electron chi connectivity index (χ3n) is 3.14. The van der Waals surface area contributed by atoms with Crippen molar-refractivity contribution in [1.29, 1.82) is 0 Å². The van der Waals surface area contributed by atoms with Gasteiger partial charge in [-0.2, -0.15) is 0 Å². The largest absolute Gasteiger partial charge is 0.478 e. The average molecular weight is 363 g/mol. The number of sulfone groups is 1. The highest BCUT2D eigenvalue weighted by molar-refractivity contribution is 9.10. The maximum absolute atomic E-state index is 12.1. The van der Waals surface area contributed by atoms with Crippen LogP contribution in [0.2, 0.25) is 0 Å². The van der Waals surface area contributed by atoms with Crippen LogP contribution in [0.15, 0.2) is 22.7 Å². The Kier molecular flexibility index (Phi) is 4.82. The molecule has 1 aliphatic heterocycles. The van der Waals surface area contributed by atoms with E-state index in [1.54, 1.807) is 0 Å². The smallest absolute Gasteiger partial charge is 0.335 e. The van der Waals surface area contributed by atoms with Gasteiger partial charge in [0.1, 0.15) is 0 Å². The number of aromatic carboxylic acids is 1. The maximum atomic E-state index is 12.1. The topological polar surface area (TPSA) is 80.7 Å². The van der Waals surface area contributed by atoms with Crippen molar-refractivity contribution in [2.75, 3.05) is 12.4 Å². The molecule has 0 bridgehead atoms. The number of benzene rings is 1. The predicted octanol–water partition coefficient (Wildman–Crippen LogP) is 2.24. The van der Waals surface area contributed by atoms with Gasteiger partial charge < -0.3 is 9.84 Å².